The van der Waals surface area contributed by atoms with Gasteiger partial charge in [0.2, 0.25) is 11.7 Å². The molecule has 0 spiro atoms. The van der Waals surface area contributed by atoms with Gasteiger partial charge >= 0.3 is 0 Å². The molecule has 0 bridgehead atoms. The minimum absolute atomic E-state index is 0.267. The summed E-state index contributed by atoms with van der Waals surface area (Å²) in [6.45, 7) is 3.38. The van der Waals surface area contributed by atoms with Crippen molar-refractivity contribution in [3.63, 3.8) is 0 Å². The second kappa shape index (κ2) is 8.71. The van der Waals surface area contributed by atoms with E-state index in [1.54, 1.807) is 29.3 Å². The third kappa shape index (κ3) is 4.05. The van der Waals surface area contributed by atoms with Gasteiger partial charge in [-0.05, 0) is 35.5 Å². The van der Waals surface area contributed by atoms with Gasteiger partial charge in [0.25, 0.3) is 5.89 Å². The fourth-order valence-electron chi connectivity index (χ4n) is 3.16. The molecule has 0 unspecified atom stereocenters. The second-order valence-electron chi connectivity index (χ2n) is 6.74. The van der Waals surface area contributed by atoms with Crippen molar-refractivity contribution in [2.75, 3.05) is 0 Å². The number of aromatic nitrogens is 10. The van der Waals surface area contributed by atoms with E-state index in [0.717, 1.165) is 17.0 Å². The topological polar surface area (TPSA) is 135 Å². The molecular formula is C20H18N10O2. The zero-order chi connectivity index (χ0) is 21.8. The van der Waals surface area contributed by atoms with Crippen LogP contribution in [0.15, 0.2) is 59.8 Å². The summed E-state index contributed by atoms with van der Waals surface area (Å²) in [5, 5.41) is 19.7. The number of aryl methyl sites for hydroxylation is 1. The molecule has 0 aliphatic rings. The molecule has 0 atom stereocenters. The zero-order valence-corrected chi connectivity index (χ0v) is 17.1. The van der Waals surface area contributed by atoms with Gasteiger partial charge in [0.05, 0.1) is 29.7 Å². The fourth-order valence-corrected chi connectivity index (χ4v) is 3.16. The quantitative estimate of drug-likeness (QED) is 0.360. The minimum atomic E-state index is 0.267. The molecule has 5 rings (SSSR count). The molecule has 160 valence electrons. The molecule has 5 aromatic rings. The van der Waals surface area contributed by atoms with Crippen LogP contribution >= 0.6 is 0 Å². The molecule has 0 radical (unpaired) electrons. The third-order valence-electron chi connectivity index (χ3n) is 4.69. The van der Waals surface area contributed by atoms with E-state index in [-0.39, 0.29) is 6.61 Å². The van der Waals surface area contributed by atoms with Crippen LogP contribution in [0.4, 0.5) is 0 Å². The summed E-state index contributed by atoms with van der Waals surface area (Å²) in [5.74, 6) is 1.33. The third-order valence-corrected chi connectivity index (χ3v) is 4.69. The lowest BCUT2D eigenvalue weighted by Gasteiger charge is -2.08. The maximum atomic E-state index is 5.82. The molecule has 5 heterocycles. The first kappa shape index (κ1) is 19.5. The first-order valence-corrected chi connectivity index (χ1v) is 9.89. The van der Waals surface area contributed by atoms with Crippen LogP contribution in [0.1, 0.15) is 18.3 Å². The Morgan fingerprint density at radius 3 is 2.91 bits per heavy atom. The van der Waals surface area contributed by atoms with Crippen LogP contribution in [0.5, 0.6) is 5.88 Å². The standard InChI is InChI=1S/C20H18N10O2/c1-2-30-17(12-31-18-5-3-4-7-22-18)16(10-24-30)20-25-19(26-32-20)14-6-8-21-15(9-14)11-29-13-23-27-28-29/h3-10,13H,2,11-12H2,1H3. The highest BCUT2D eigenvalue weighted by molar-refractivity contribution is 5.61. The van der Waals surface area contributed by atoms with Crippen molar-refractivity contribution < 1.29 is 9.26 Å². The molecule has 0 fully saturated rings. The SMILES string of the molecule is CCn1ncc(-c2nc(-c3ccnc(Cn4cnnn4)c3)no2)c1COc1ccccn1. The molecule has 32 heavy (non-hydrogen) atoms. The van der Waals surface area contributed by atoms with Crippen molar-refractivity contribution in [3.05, 3.63) is 66.6 Å². The average molecular weight is 430 g/mol. The molecule has 0 amide bonds. The van der Waals surface area contributed by atoms with E-state index in [2.05, 4.69) is 40.7 Å². The van der Waals surface area contributed by atoms with E-state index in [1.165, 1.54) is 6.33 Å². The van der Waals surface area contributed by atoms with Crippen LogP contribution in [0.3, 0.4) is 0 Å². The Labute approximate surface area is 181 Å². The van der Waals surface area contributed by atoms with E-state index in [1.807, 2.05) is 35.9 Å². The van der Waals surface area contributed by atoms with Gasteiger partial charge in [-0.2, -0.15) is 10.1 Å². The van der Waals surface area contributed by atoms with Gasteiger partial charge in [0, 0.05) is 30.6 Å². The largest absolute Gasteiger partial charge is 0.471 e. The summed E-state index contributed by atoms with van der Waals surface area (Å²) < 4.78 is 14.8. The molecule has 5 aromatic heterocycles. The summed E-state index contributed by atoms with van der Waals surface area (Å²) in [6, 6.07) is 9.19. The number of tetrazole rings is 1. The maximum absolute atomic E-state index is 5.82. The van der Waals surface area contributed by atoms with Crippen molar-refractivity contribution >= 4 is 0 Å². The van der Waals surface area contributed by atoms with Crippen LogP contribution in [-0.2, 0) is 19.7 Å². The van der Waals surface area contributed by atoms with Gasteiger partial charge < -0.3 is 9.26 Å². The van der Waals surface area contributed by atoms with Gasteiger partial charge in [0.1, 0.15) is 12.9 Å². The number of hydrogen-bond acceptors (Lipinski definition) is 10. The van der Waals surface area contributed by atoms with Gasteiger partial charge in [-0.15, -0.1) is 5.10 Å². The lowest BCUT2D eigenvalue weighted by Crippen LogP contribution is -2.07. The van der Waals surface area contributed by atoms with Crippen molar-refractivity contribution in [2.24, 2.45) is 0 Å². The number of ether oxygens (including phenoxy) is 1. The smallest absolute Gasteiger partial charge is 0.261 e. The van der Waals surface area contributed by atoms with E-state index >= 15 is 0 Å². The predicted octanol–water partition coefficient (Wildman–Crippen LogP) is 2.02. The Morgan fingerprint density at radius 1 is 1.12 bits per heavy atom. The molecule has 0 aliphatic heterocycles. The Hall–Kier alpha value is -4.48. The van der Waals surface area contributed by atoms with E-state index in [4.69, 9.17) is 9.26 Å². The first-order valence-electron chi connectivity index (χ1n) is 9.89. The summed E-state index contributed by atoms with van der Waals surface area (Å²) in [4.78, 5) is 13.1. The molecule has 0 aliphatic carbocycles. The number of nitrogens with zero attached hydrogens (tertiary/aromatic N) is 10. The highest BCUT2D eigenvalue weighted by Crippen LogP contribution is 2.26. The zero-order valence-electron chi connectivity index (χ0n) is 17.1. The van der Waals surface area contributed by atoms with Crippen molar-refractivity contribution in [1.82, 2.24) is 50.1 Å². The molecular weight excluding hydrogens is 412 g/mol. The number of hydrogen-bond donors (Lipinski definition) is 0. The van der Waals surface area contributed by atoms with Crippen LogP contribution in [0.25, 0.3) is 22.8 Å². The van der Waals surface area contributed by atoms with E-state index in [0.29, 0.717) is 36.2 Å². The van der Waals surface area contributed by atoms with Crippen LogP contribution < -0.4 is 4.74 Å². The fraction of sp³-hybridized carbons (Fsp3) is 0.200. The predicted molar refractivity (Wildman–Crippen MR) is 110 cm³/mol. The van der Waals surface area contributed by atoms with Crippen molar-refractivity contribution in [1.29, 1.82) is 0 Å². The minimum Gasteiger partial charge on any atom is -0.471 e. The van der Waals surface area contributed by atoms with Crippen molar-refractivity contribution in [3.8, 4) is 28.7 Å². The molecule has 12 heteroatoms. The maximum Gasteiger partial charge on any atom is 0.261 e. The van der Waals surface area contributed by atoms with Gasteiger partial charge in [-0.25, -0.2) is 9.67 Å². The normalized spacial score (nSPS) is 11.0. The molecule has 0 N–H and O–H groups in total. The summed E-state index contributed by atoms with van der Waals surface area (Å²) in [5.41, 5.74) is 3.07. The first-order chi connectivity index (χ1) is 15.8. The van der Waals surface area contributed by atoms with Gasteiger partial charge in [-0.3, -0.25) is 9.67 Å². The number of rotatable bonds is 8. The van der Waals surface area contributed by atoms with Crippen LogP contribution in [-0.4, -0.2) is 50.1 Å². The molecule has 0 saturated heterocycles. The van der Waals surface area contributed by atoms with Crippen LogP contribution in [0, 0.1) is 0 Å². The summed E-state index contributed by atoms with van der Waals surface area (Å²) in [6.07, 6.45) is 6.60. The average Bonchev–Trinajstić information content (AvgIpc) is 3.59. The van der Waals surface area contributed by atoms with Gasteiger partial charge in [0.15, 0.2) is 0 Å². The Morgan fingerprint density at radius 2 is 2.09 bits per heavy atom. The second-order valence-corrected chi connectivity index (χ2v) is 6.74. The Balaban J connectivity index is 1.39. The van der Waals surface area contributed by atoms with E-state index in [9.17, 15) is 0 Å². The van der Waals surface area contributed by atoms with Gasteiger partial charge in [-0.1, -0.05) is 11.2 Å². The highest BCUT2D eigenvalue weighted by Gasteiger charge is 2.19. The lowest BCUT2D eigenvalue weighted by atomic mass is 10.2. The van der Waals surface area contributed by atoms with E-state index < -0.39 is 0 Å². The highest BCUT2D eigenvalue weighted by atomic mass is 16.5. The number of pyridine rings is 2. The van der Waals surface area contributed by atoms with Crippen molar-refractivity contribution in [2.45, 2.75) is 26.6 Å². The lowest BCUT2D eigenvalue weighted by molar-refractivity contribution is 0.281. The Bertz CT molecular complexity index is 1300. The molecule has 0 saturated carbocycles. The Kier molecular flexibility index (Phi) is 5.31. The monoisotopic (exact) mass is 430 g/mol. The summed E-state index contributed by atoms with van der Waals surface area (Å²) >= 11 is 0. The summed E-state index contributed by atoms with van der Waals surface area (Å²) in [7, 11) is 0. The van der Waals surface area contributed by atoms with Crippen LogP contribution in [0.2, 0.25) is 0 Å². The molecule has 12 nitrogen and oxygen atoms in total. The molecule has 0 aromatic carbocycles.